The first-order chi connectivity index (χ1) is 16.4. The van der Waals surface area contributed by atoms with E-state index in [2.05, 4.69) is 26.1 Å². The third-order valence-electron chi connectivity index (χ3n) is 7.02. The number of nitrogens with zero attached hydrogens (tertiary/aromatic N) is 2. The van der Waals surface area contributed by atoms with Crippen LogP contribution in [0.3, 0.4) is 0 Å². The van der Waals surface area contributed by atoms with Gasteiger partial charge in [-0.15, -0.1) is 0 Å². The molecule has 0 radical (unpaired) electrons. The molecular weight excluding hydrogens is 457 g/mol. The average Bonchev–Trinajstić information content (AvgIpc) is 3.01. The van der Waals surface area contributed by atoms with Gasteiger partial charge in [0.25, 0.3) is 11.8 Å². The molecule has 10 heteroatoms. The molecule has 1 heterocycles. The number of rotatable bonds is 7. The molecule has 0 atom stereocenters. The Balaban J connectivity index is 1.49. The second-order valence-electron chi connectivity index (χ2n) is 10.4. The average molecular weight is 492 g/mol. The molecule has 2 aliphatic rings. The molecule has 4 amide bonds. The quantitative estimate of drug-likeness (QED) is 0.465. The number of halogens is 1. The summed E-state index contributed by atoms with van der Waals surface area (Å²) in [4.78, 5) is 52.3. The van der Waals surface area contributed by atoms with E-state index in [4.69, 9.17) is 9.47 Å². The zero-order valence-corrected chi connectivity index (χ0v) is 21.0. The number of carbonyl (C=O) groups excluding carboxylic acids is 4. The Labute approximate surface area is 204 Å². The Kier molecular flexibility index (Phi) is 7.71. The molecule has 1 N–H and O–H groups in total. The number of nitrogens with one attached hydrogen (secondary N) is 1. The van der Waals surface area contributed by atoms with E-state index >= 15 is 0 Å². The maximum Gasteiger partial charge on any atom is 0.326 e. The molecule has 0 aromatic heterocycles. The van der Waals surface area contributed by atoms with Gasteiger partial charge in [-0.2, -0.15) is 0 Å². The van der Waals surface area contributed by atoms with Gasteiger partial charge in [-0.05, 0) is 54.7 Å². The van der Waals surface area contributed by atoms with Crippen LogP contribution in [0, 0.1) is 17.2 Å². The van der Waals surface area contributed by atoms with Gasteiger partial charge in [-0.1, -0.05) is 26.8 Å². The van der Waals surface area contributed by atoms with Crippen molar-refractivity contribution in [1.82, 2.24) is 15.1 Å². The molecular formula is C25H34FN3O6. The molecule has 9 nitrogen and oxygen atoms in total. The highest BCUT2D eigenvalue weighted by molar-refractivity contribution is 6.08. The molecule has 2 fully saturated rings. The van der Waals surface area contributed by atoms with E-state index < -0.39 is 48.3 Å². The normalized spacial score (nSPS) is 22.2. The van der Waals surface area contributed by atoms with Gasteiger partial charge in [0.15, 0.2) is 18.2 Å². The zero-order chi connectivity index (χ0) is 26.0. The second kappa shape index (κ2) is 10.2. The van der Waals surface area contributed by atoms with Crippen LogP contribution in [-0.2, 0) is 25.7 Å². The number of ether oxygens (including phenoxy) is 2. The molecule has 1 aromatic carbocycles. The van der Waals surface area contributed by atoms with E-state index in [0.29, 0.717) is 24.3 Å². The Morgan fingerprint density at radius 2 is 1.89 bits per heavy atom. The molecule has 1 aromatic rings. The standard InChI is InChI=1S/C25H34FN3O6/c1-24(2,3)17-8-10-25(11-9-17)22(32)29(23(33)27-25)14-21(31)35-15-20(30)28(4)13-16-6-7-19(34-5)18(26)12-16/h6-7,12,17H,8-11,13-15H2,1-5H3,(H,27,33). The number of amides is 4. The number of hydrogen-bond acceptors (Lipinski definition) is 6. The van der Waals surface area contributed by atoms with Crippen LogP contribution in [0.2, 0.25) is 0 Å². The molecule has 1 saturated carbocycles. The summed E-state index contributed by atoms with van der Waals surface area (Å²) >= 11 is 0. The number of benzene rings is 1. The van der Waals surface area contributed by atoms with E-state index in [9.17, 15) is 23.6 Å². The van der Waals surface area contributed by atoms with Crippen molar-refractivity contribution in [3.63, 3.8) is 0 Å². The second-order valence-corrected chi connectivity index (χ2v) is 10.4. The number of hydrogen-bond donors (Lipinski definition) is 1. The highest BCUT2D eigenvalue weighted by Crippen LogP contribution is 2.43. The van der Waals surface area contributed by atoms with Gasteiger partial charge in [0, 0.05) is 13.6 Å². The minimum absolute atomic E-state index is 0.0983. The first-order valence-corrected chi connectivity index (χ1v) is 11.7. The van der Waals surface area contributed by atoms with Gasteiger partial charge in [0.1, 0.15) is 12.1 Å². The third kappa shape index (κ3) is 5.91. The van der Waals surface area contributed by atoms with E-state index in [-0.39, 0.29) is 17.7 Å². The molecule has 192 valence electrons. The number of imide groups is 1. The van der Waals surface area contributed by atoms with E-state index in [0.717, 1.165) is 17.7 Å². The minimum Gasteiger partial charge on any atom is -0.494 e. The Hall–Kier alpha value is -3.17. The first-order valence-electron chi connectivity index (χ1n) is 11.7. The van der Waals surface area contributed by atoms with Crippen molar-refractivity contribution in [2.75, 3.05) is 27.3 Å². The number of esters is 1. The number of urea groups is 1. The van der Waals surface area contributed by atoms with E-state index in [1.165, 1.54) is 31.2 Å². The summed E-state index contributed by atoms with van der Waals surface area (Å²) in [5.74, 6) is -1.78. The lowest BCUT2D eigenvalue weighted by Gasteiger charge is -2.40. The zero-order valence-electron chi connectivity index (χ0n) is 21.0. The van der Waals surface area contributed by atoms with Gasteiger partial charge >= 0.3 is 12.0 Å². The van der Waals surface area contributed by atoms with Crippen LogP contribution in [0.1, 0.15) is 52.0 Å². The van der Waals surface area contributed by atoms with Crippen molar-refractivity contribution in [2.24, 2.45) is 11.3 Å². The fourth-order valence-electron chi connectivity index (χ4n) is 4.73. The van der Waals surface area contributed by atoms with Crippen molar-refractivity contribution < 1.29 is 33.0 Å². The lowest BCUT2D eigenvalue weighted by Crippen LogP contribution is -2.50. The highest BCUT2D eigenvalue weighted by Gasteiger charge is 2.53. The summed E-state index contributed by atoms with van der Waals surface area (Å²) < 4.78 is 23.7. The van der Waals surface area contributed by atoms with Gasteiger partial charge < -0.3 is 19.7 Å². The lowest BCUT2D eigenvalue weighted by molar-refractivity contribution is -0.153. The maximum atomic E-state index is 13.9. The van der Waals surface area contributed by atoms with Gasteiger partial charge in [-0.25, -0.2) is 9.18 Å². The first kappa shape index (κ1) is 26.4. The summed E-state index contributed by atoms with van der Waals surface area (Å²) in [5, 5.41) is 2.78. The van der Waals surface area contributed by atoms with Gasteiger partial charge in [0.05, 0.1) is 7.11 Å². The summed E-state index contributed by atoms with van der Waals surface area (Å²) in [6, 6.07) is 3.73. The molecule has 1 aliphatic carbocycles. The SMILES string of the molecule is COc1ccc(CN(C)C(=O)COC(=O)CN2C(=O)NC3(CCC(C(C)(C)C)CC3)C2=O)cc1F. The summed E-state index contributed by atoms with van der Waals surface area (Å²) in [5.41, 5.74) is -0.308. The lowest BCUT2D eigenvalue weighted by atomic mass is 9.67. The molecule has 0 bridgehead atoms. The van der Waals surface area contributed by atoms with Crippen molar-refractivity contribution in [2.45, 2.75) is 58.5 Å². The molecule has 1 spiro atoms. The fraction of sp³-hybridized carbons (Fsp3) is 0.600. The molecule has 3 rings (SSSR count). The molecule has 0 unspecified atom stereocenters. The van der Waals surface area contributed by atoms with Crippen molar-refractivity contribution in [3.05, 3.63) is 29.6 Å². The monoisotopic (exact) mass is 491 g/mol. The number of methoxy groups -OCH3 is 1. The third-order valence-corrected chi connectivity index (χ3v) is 7.02. The molecule has 35 heavy (non-hydrogen) atoms. The fourth-order valence-corrected chi connectivity index (χ4v) is 4.73. The Morgan fingerprint density at radius 1 is 1.23 bits per heavy atom. The predicted molar refractivity (Wildman–Crippen MR) is 125 cm³/mol. The van der Waals surface area contributed by atoms with Crippen LogP contribution in [0.4, 0.5) is 9.18 Å². The maximum absolute atomic E-state index is 13.9. The van der Waals surface area contributed by atoms with Crippen molar-refractivity contribution in [1.29, 1.82) is 0 Å². The summed E-state index contributed by atoms with van der Waals surface area (Å²) in [7, 11) is 2.85. The van der Waals surface area contributed by atoms with Crippen LogP contribution < -0.4 is 10.1 Å². The minimum atomic E-state index is -0.969. The van der Waals surface area contributed by atoms with E-state index in [1.54, 1.807) is 6.07 Å². The van der Waals surface area contributed by atoms with Crippen molar-refractivity contribution >= 4 is 23.8 Å². The Morgan fingerprint density at radius 3 is 2.46 bits per heavy atom. The van der Waals surface area contributed by atoms with Gasteiger partial charge in [0.2, 0.25) is 0 Å². The predicted octanol–water partition coefficient (Wildman–Crippen LogP) is 2.86. The van der Waals surface area contributed by atoms with Crippen LogP contribution >= 0.6 is 0 Å². The molecule has 1 saturated heterocycles. The van der Waals surface area contributed by atoms with Crippen molar-refractivity contribution in [3.8, 4) is 5.75 Å². The van der Waals surface area contributed by atoms with Gasteiger partial charge in [-0.3, -0.25) is 19.3 Å². The molecule has 1 aliphatic heterocycles. The highest BCUT2D eigenvalue weighted by atomic mass is 19.1. The van der Waals surface area contributed by atoms with E-state index in [1.807, 2.05) is 0 Å². The summed E-state index contributed by atoms with van der Waals surface area (Å²) in [6.45, 7) is 5.48. The topological polar surface area (TPSA) is 105 Å². The smallest absolute Gasteiger partial charge is 0.326 e. The van der Waals surface area contributed by atoms with Crippen LogP contribution in [0.25, 0.3) is 0 Å². The largest absolute Gasteiger partial charge is 0.494 e. The Bertz CT molecular complexity index is 997. The van der Waals surface area contributed by atoms with Crippen LogP contribution in [0.5, 0.6) is 5.75 Å². The van der Waals surface area contributed by atoms with Crippen LogP contribution in [0.15, 0.2) is 18.2 Å². The summed E-state index contributed by atoms with van der Waals surface area (Å²) in [6.07, 6.45) is 2.68. The number of carbonyl (C=O) groups is 4. The van der Waals surface area contributed by atoms with Crippen LogP contribution in [-0.4, -0.2) is 66.5 Å². The number of likely N-dealkylation sites (N-methyl/N-ethyl adjacent to an activating group) is 1.